The van der Waals surface area contributed by atoms with E-state index < -0.39 is 0 Å². The van der Waals surface area contributed by atoms with E-state index >= 15 is 0 Å². The molecule has 0 aliphatic carbocycles. The smallest absolute Gasteiger partial charge is 0.129 e. The fourth-order valence-electron chi connectivity index (χ4n) is 1.76. The Kier molecular flexibility index (Phi) is 3.21. The molecule has 0 spiro atoms. The average Bonchev–Trinajstić information content (AvgIpc) is 2.25. The lowest BCUT2D eigenvalue weighted by molar-refractivity contribution is 0.166. The summed E-state index contributed by atoms with van der Waals surface area (Å²) in [6.07, 6.45) is 2.35. The molecule has 0 saturated carbocycles. The number of rotatable bonds is 2. The Labute approximate surface area is 89.4 Å². The minimum absolute atomic E-state index is 0.181. The minimum atomic E-state index is -0.198. The second-order valence-corrected chi connectivity index (χ2v) is 4.00. The standard InChI is InChI=1S/C12H16FNO/c1-9-4-5-10(7-12(9)13)15-11-3-2-6-14-8-11/h4-5,7,11,14H,2-3,6,8H2,1H3. The number of hydrogen-bond acceptors (Lipinski definition) is 2. The van der Waals surface area contributed by atoms with Crippen LogP contribution in [0.15, 0.2) is 18.2 Å². The summed E-state index contributed by atoms with van der Waals surface area (Å²) in [6, 6.07) is 5.04. The summed E-state index contributed by atoms with van der Waals surface area (Å²) >= 11 is 0. The maximum atomic E-state index is 13.2. The van der Waals surface area contributed by atoms with Gasteiger partial charge in [0, 0.05) is 12.6 Å². The molecule has 82 valence electrons. The zero-order valence-electron chi connectivity index (χ0n) is 8.92. The van der Waals surface area contributed by atoms with Gasteiger partial charge < -0.3 is 10.1 Å². The Morgan fingerprint density at radius 3 is 3.00 bits per heavy atom. The van der Waals surface area contributed by atoms with E-state index in [2.05, 4.69) is 5.32 Å². The molecule has 1 saturated heterocycles. The Bertz CT molecular complexity index is 334. The molecular formula is C12H16FNO. The van der Waals surface area contributed by atoms with Crippen LogP contribution in [0.25, 0.3) is 0 Å². The van der Waals surface area contributed by atoms with Crippen LogP contribution in [0.5, 0.6) is 5.75 Å². The first-order valence-electron chi connectivity index (χ1n) is 5.39. The van der Waals surface area contributed by atoms with Crippen molar-refractivity contribution in [2.75, 3.05) is 13.1 Å². The van der Waals surface area contributed by atoms with Crippen molar-refractivity contribution in [3.05, 3.63) is 29.6 Å². The molecule has 2 nitrogen and oxygen atoms in total. The molecule has 1 unspecified atom stereocenters. The van der Waals surface area contributed by atoms with Crippen molar-refractivity contribution in [3.8, 4) is 5.75 Å². The van der Waals surface area contributed by atoms with Gasteiger partial charge in [-0.2, -0.15) is 0 Å². The van der Waals surface area contributed by atoms with Gasteiger partial charge in [0.2, 0.25) is 0 Å². The van der Waals surface area contributed by atoms with Gasteiger partial charge in [0.15, 0.2) is 0 Å². The van der Waals surface area contributed by atoms with Crippen molar-refractivity contribution in [2.45, 2.75) is 25.9 Å². The van der Waals surface area contributed by atoms with Crippen LogP contribution >= 0.6 is 0 Å². The summed E-state index contributed by atoms with van der Waals surface area (Å²) in [6.45, 7) is 3.67. The highest BCUT2D eigenvalue weighted by molar-refractivity contribution is 5.28. The van der Waals surface area contributed by atoms with Gasteiger partial charge in [0.05, 0.1) is 0 Å². The van der Waals surface area contributed by atoms with E-state index in [1.54, 1.807) is 13.0 Å². The van der Waals surface area contributed by atoms with E-state index in [1.165, 1.54) is 6.07 Å². The van der Waals surface area contributed by atoms with Crippen LogP contribution in [-0.4, -0.2) is 19.2 Å². The maximum absolute atomic E-state index is 13.2. The van der Waals surface area contributed by atoms with Crippen LogP contribution in [0, 0.1) is 12.7 Å². The Morgan fingerprint density at radius 2 is 2.33 bits per heavy atom. The molecule has 1 fully saturated rings. The van der Waals surface area contributed by atoms with E-state index in [1.807, 2.05) is 6.07 Å². The second kappa shape index (κ2) is 4.62. The number of ether oxygens (including phenoxy) is 1. The lowest BCUT2D eigenvalue weighted by Gasteiger charge is -2.24. The van der Waals surface area contributed by atoms with Crippen LogP contribution in [0.1, 0.15) is 18.4 Å². The molecule has 2 rings (SSSR count). The molecule has 3 heteroatoms. The first-order chi connectivity index (χ1) is 7.25. The summed E-state index contributed by atoms with van der Waals surface area (Å²) in [7, 11) is 0. The number of hydrogen-bond donors (Lipinski definition) is 1. The quantitative estimate of drug-likeness (QED) is 0.806. The topological polar surface area (TPSA) is 21.3 Å². The van der Waals surface area contributed by atoms with Crippen molar-refractivity contribution in [1.82, 2.24) is 5.32 Å². The Morgan fingerprint density at radius 1 is 1.47 bits per heavy atom. The normalized spacial score (nSPS) is 21.3. The van der Waals surface area contributed by atoms with Gasteiger partial charge in [-0.1, -0.05) is 6.07 Å². The highest BCUT2D eigenvalue weighted by Crippen LogP contribution is 2.19. The summed E-state index contributed by atoms with van der Waals surface area (Å²) in [5.74, 6) is 0.433. The molecule has 0 bridgehead atoms. The van der Waals surface area contributed by atoms with Gasteiger partial charge in [0.25, 0.3) is 0 Å². The van der Waals surface area contributed by atoms with E-state index in [0.717, 1.165) is 25.9 Å². The monoisotopic (exact) mass is 209 g/mol. The first kappa shape index (κ1) is 10.4. The molecule has 1 heterocycles. The second-order valence-electron chi connectivity index (χ2n) is 4.00. The minimum Gasteiger partial charge on any atom is -0.489 e. The van der Waals surface area contributed by atoms with Crippen molar-refractivity contribution < 1.29 is 9.13 Å². The van der Waals surface area contributed by atoms with Crippen LogP contribution in [-0.2, 0) is 0 Å². The predicted octanol–water partition coefficient (Wildman–Crippen LogP) is 2.26. The SMILES string of the molecule is Cc1ccc(OC2CCCNC2)cc1F. The molecule has 1 atom stereocenters. The Hall–Kier alpha value is -1.09. The summed E-state index contributed by atoms with van der Waals surface area (Å²) in [5.41, 5.74) is 0.657. The van der Waals surface area contributed by atoms with Crippen LogP contribution in [0.2, 0.25) is 0 Å². The zero-order valence-corrected chi connectivity index (χ0v) is 8.92. The summed E-state index contributed by atoms with van der Waals surface area (Å²) in [4.78, 5) is 0. The van der Waals surface area contributed by atoms with E-state index in [0.29, 0.717) is 11.3 Å². The van der Waals surface area contributed by atoms with Gasteiger partial charge in [0.1, 0.15) is 17.7 Å². The molecule has 0 radical (unpaired) electrons. The van der Waals surface area contributed by atoms with Crippen molar-refractivity contribution >= 4 is 0 Å². The highest BCUT2D eigenvalue weighted by atomic mass is 19.1. The fraction of sp³-hybridized carbons (Fsp3) is 0.500. The van der Waals surface area contributed by atoms with E-state index in [-0.39, 0.29) is 11.9 Å². The summed E-state index contributed by atoms with van der Waals surface area (Å²) in [5, 5.41) is 3.26. The number of benzene rings is 1. The number of piperidine rings is 1. The van der Waals surface area contributed by atoms with E-state index in [4.69, 9.17) is 4.74 Å². The Balaban J connectivity index is 2.00. The van der Waals surface area contributed by atoms with Crippen molar-refractivity contribution in [1.29, 1.82) is 0 Å². The number of aryl methyl sites for hydroxylation is 1. The molecule has 15 heavy (non-hydrogen) atoms. The number of nitrogens with one attached hydrogen (secondary N) is 1. The fourth-order valence-corrected chi connectivity index (χ4v) is 1.76. The molecule has 1 aromatic rings. The third-order valence-corrected chi connectivity index (χ3v) is 2.70. The largest absolute Gasteiger partial charge is 0.489 e. The molecule has 1 aromatic carbocycles. The van der Waals surface area contributed by atoms with E-state index in [9.17, 15) is 4.39 Å². The van der Waals surface area contributed by atoms with Crippen molar-refractivity contribution in [3.63, 3.8) is 0 Å². The summed E-state index contributed by atoms with van der Waals surface area (Å²) < 4.78 is 18.9. The van der Waals surface area contributed by atoms with Gasteiger partial charge in [-0.3, -0.25) is 0 Å². The zero-order chi connectivity index (χ0) is 10.7. The highest BCUT2D eigenvalue weighted by Gasteiger charge is 2.14. The lowest BCUT2D eigenvalue weighted by atomic mass is 10.1. The average molecular weight is 209 g/mol. The van der Waals surface area contributed by atoms with Crippen LogP contribution in [0.4, 0.5) is 4.39 Å². The number of halogens is 1. The van der Waals surface area contributed by atoms with Crippen molar-refractivity contribution in [2.24, 2.45) is 0 Å². The lowest BCUT2D eigenvalue weighted by Crippen LogP contribution is -2.37. The van der Waals surface area contributed by atoms with Gasteiger partial charge in [-0.15, -0.1) is 0 Å². The third-order valence-electron chi connectivity index (χ3n) is 2.70. The molecule has 1 aliphatic rings. The molecular weight excluding hydrogens is 193 g/mol. The molecule has 1 N–H and O–H groups in total. The van der Waals surface area contributed by atoms with Gasteiger partial charge in [-0.05, 0) is 37.9 Å². The van der Waals surface area contributed by atoms with Crippen LogP contribution < -0.4 is 10.1 Å². The maximum Gasteiger partial charge on any atom is 0.129 e. The van der Waals surface area contributed by atoms with Crippen LogP contribution in [0.3, 0.4) is 0 Å². The molecule has 0 amide bonds. The van der Waals surface area contributed by atoms with Gasteiger partial charge in [-0.25, -0.2) is 4.39 Å². The predicted molar refractivity (Wildman–Crippen MR) is 57.7 cm³/mol. The third kappa shape index (κ3) is 2.69. The first-order valence-corrected chi connectivity index (χ1v) is 5.39. The molecule has 1 aliphatic heterocycles. The van der Waals surface area contributed by atoms with Gasteiger partial charge >= 0.3 is 0 Å². The molecule has 0 aromatic heterocycles.